The van der Waals surface area contributed by atoms with Crippen molar-refractivity contribution in [3.8, 4) is 0 Å². The van der Waals surface area contributed by atoms with Crippen LogP contribution in [0.25, 0.3) is 0 Å². The van der Waals surface area contributed by atoms with Crippen LogP contribution >= 0.6 is 0 Å². The Kier molecular flexibility index (Phi) is 4.71. The summed E-state index contributed by atoms with van der Waals surface area (Å²) in [4.78, 5) is 2.46. The van der Waals surface area contributed by atoms with E-state index >= 15 is 0 Å². The van der Waals surface area contributed by atoms with Crippen LogP contribution in [-0.4, -0.2) is 37.6 Å². The van der Waals surface area contributed by atoms with E-state index in [1.54, 1.807) is 0 Å². The first-order chi connectivity index (χ1) is 8.46. The Bertz CT molecular complexity index is 254. The third-order valence-electron chi connectivity index (χ3n) is 5.13. The second-order valence-corrected chi connectivity index (χ2v) is 7.65. The van der Waals surface area contributed by atoms with E-state index in [0.717, 1.165) is 17.9 Å². The van der Waals surface area contributed by atoms with E-state index in [0.29, 0.717) is 5.41 Å². The molecule has 0 aromatic heterocycles. The Hall–Kier alpha value is -0.0800. The summed E-state index contributed by atoms with van der Waals surface area (Å²) in [6, 6.07) is 0.770. The standard InChI is InChI=1S/C16H32N2/c1-13-11-16(2,3)12-15(13)17-8-5-14-6-9-18(4)10-7-14/h13-15,17H,5-12H2,1-4H3. The lowest BCUT2D eigenvalue weighted by Gasteiger charge is -2.29. The molecule has 1 saturated carbocycles. The number of piperidine rings is 1. The predicted molar refractivity (Wildman–Crippen MR) is 78.8 cm³/mol. The van der Waals surface area contributed by atoms with Crippen molar-refractivity contribution in [3.63, 3.8) is 0 Å². The fourth-order valence-corrected chi connectivity index (χ4v) is 3.99. The van der Waals surface area contributed by atoms with Gasteiger partial charge in [0.05, 0.1) is 0 Å². The second-order valence-electron chi connectivity index (χ2n) is 7.65. The summed E-state index contributed by atoms with van der Waals surface area (Å²) >= 11 is 0. The van der Waals surface area contributed by atoms with E-state index in [2.05, 4.69) is 38.0 Å². The fourth-order valence-electron chi connectivity index (χ4n) is 3.99. The smallest absolute Gasteiger partial charge is 0.00979 e. The van der Waals surface area contributed by atoms with E-state index in [1.165, 1.54) is 51.7 Å². The van der Waals surface area contributed by atoms with Gasteiger partial charge in [-0.3, -0.25) is 0 Å². The highest BCUT2D eigenvalue weighted by atomic mass is 15.1. The normalized spacial score (nSPS) is 34.0. The molecule has 1 saturated heterocycles. The highest BCUT2D eigenvalue weighted by molar-refractivity contribution is 4.91. The first kappa shape index (κ1) is 14.3. The Labute approximate surface area is 114 Å². The second kappa shape index (κ2) is 5.92. The van der Waals surface area contributed by atoms with E-state index in [9.17, 15) is 0 Å². The van der Waals surface area contributed by atoms with Gasteiger partial charge in [-0.2, -0.15) is 0 Å². The Balaban J connectivity index is 1.64. The average Bonchev–Trinajstić information content (AvgIpc) is 2.55. The van der Waals surface area contributed by atoms with E-state index in [1.807, 2.05) is 0 Å². The largest absolute Gasteiger partial charge is 0.314 e. The summed E-state index contributed by atoms with van der Waals surface area (Å²) in [5, 5.41) is 3.83. The van der Waals surface area contributed by atoms with Gasteiger partial charge < -0.3 is 10.2 Å². The Morgan fingerprint density at radius 2 is 1.83 bits per heavy atom. The van der Waals surface area contributed by atoms with E-state index in [-0.39, 0.29) is 0 Å². The van der Waals surface area contributed by atoms with Crippen molar-refractivity contribution < 1.29 is 0 Å². The molecule has 0 bridgehead atoms. The molecule has 2 unspecified atom stereocenters. The van der Waals surface area contributed by atoms with Crippen LogP contribution in [0, 0.1) is 17.3 Å². The third kappa shape index (κ3) is 3.96. The first-order valence-electron chi connectivity index (χ1n) is 7.88. The topological polar surface area (TPSA) is 15.3 Å². The first-order valence-corrected chi connectivity index (χ1v) is 7.88. The zero-order chi connectivity index (χ0) is 13.2. The molecule has 106 valence electrons. The van der Waals surface area contributed by atoms with Gasteiger partial charge in [-0.1, -0.05) is 20.8 Å². The summed E-state index contributed by atoms with van der Waals surface area (Å²) in [6.07, 6.45) is 6.95. The molecule has 2 aliphatic rings. The van der Waals surface area contributed by atoms with Gasteiger partial charge in [-0.25, -0.2) is 0 Å². The molecule has 2 fully saturated rings. The molecule has 1 aliphatic carbocycles. The van der Waals surface area contributed by atoms with Crippen LogP contribution in [0.3, 0.4) is 0 Å². The molecule has 0 amide bonds. The van der Waals surface area contributed by atoms with Crippen LogP contribution in [0.2, 0.25) is 0 Å². The monoisotopic (exact) mass is 252 g/mol. The van der Waals surface area contributed by atoms with Crippen molar-refractivity contribution in [2.45, 2.75) is 58.9 Å². The molecule has 1 aliphatic heterocycles. The SMILES string of the molecule is CC1CC(C)(C)CC1NCCC1CCN(C)CC1. The molecule has 18 heavy (non-hydrogen) atoms. The minimum Gasteiger partial charge on any atom is -0.314 e. The summed E-state index contributed by atoms with van der Waals surface area (Å²) in [5.41, 5.74) is 0.560. The highest BCUT2D eigenvalue weighted by Crippen LogP contribution is 2.40. The molecule has 0 aromatic carbocycles. The third-order valence-corrected chi connectivity index (χ3v) is 5.13. The van der Waals surface area contributed by atoms with Gasteiger partial charge in [0.15, 0.2) is 0 Å². The fraction of sp³-hybridized carbons (Fsp3) is 1.00. The summed E-state index contributed by atoms with van der Waals surface area (Å²) in [7, 11) is 2.25. The summed E-state index contributed by atoms with van der Waals surface area (Å²) < 4.78 is 0. The molecule has 2 rings (SSSR count). The number of hydrogen-bond donors (Lipinski definition) is 1. The molecule has 2 atom stereocenters. The quantitative estimate of drug-likeness (QED) is 0.827. The minimum atomic E-state index is 0.560. The molecule has 0 aromatic rings. The summed E-state index contributed by atoms with van der Waals surface area (Å²) in [6.45, 7) is 11.1. The molecular weight excluding hydrogens is 220 g/mol. The van der Waals surface area contributed by atoms with E-state index in [4.69, 9.17) is 0 Å². The van der Waals surface area contributed by atoms with Gasteiger partial charge in [0.25, 0.3) is 0 Å². The lowest BCUT2D eigenvalue weighted by molar-refractivity contribution is 0.209. The molecule has 1 N–H and O–H groups in total. The molecular formula is C16H32N2. The van der Waals surface area contributed by atoms with Gasteiger partial charge in [0.1, 0.15) is 0 Å². The zero-order valence-corrected chi connectivity index (χ0v) is 12.8. The van der Waals surface area contributed by atoms with Crippen LogP contribution in [0.4, 0.5) is 0 Å². The number of rotatable bonds is 4. The average molecular weight is 252 g/mol. The molecule has 1 heterocycles. The van der Waals surface area contributed by atoms with E-state index < -0.39 is 0 Å². The van der Waals surface area contributed by atoms with Crippen LogP contribution < -0.4 is 5.32 Å². The van der Waals surface area contributed by atoms with Crippen molar-refractivity contribution in [2.24, 2.45) is 17.3 Å². The lowest BCUT2D eigenvalue weighted by Crippen LogP contribution is -2.35. The number of nitrogens with zero attached hydrogens (tertiary/aromatic N) is 1. The van der Waals surface area contributed by atoms with Crippen LogP contribution in [0.5, 0.6) is 0 Å². The van der Waals surface area contributed by atoms with Crippen molar-refractivity contribution in [2.75, 3.05) is 26.7 Å². The van der Waals surface area contributed by atoms with Gasteiger partial charge in [-0.15, -0.1) is 0 Å². The van der Waals surface area contributed by atoms with Crippen LogP contribution in [0.15, 0.2) is 0 Å². The maximum absolute atomic E-state index is 3.83. The minimum absolute atomic E-state index is 0.560. The molecule has 0 spiro atoms. The number of hydrogen-bond acceptors (Lipinski definition) is 2. The number of nitrogens with one attached hydrogen (secondary N) is 1. The Morgan fingerprint density at radius 1 is 1.17 bits per heavy atom. The lowest BCUT2D eigenvalue weighted by atomic mass is 9.91. The maximum atomic E-state index is 3.83. The van der Waals surface area contributed by atoms with Crippen molar-refractivity contribution in [1.29, 1.82) is 0 Å². The Morgan fingerprint density at radius 3 is 2.39 bits per heavy atom. The predicted octanol–water partition coefficient (Wildman–Crippen LogP) is 3.13. The van der Waals surface area contributed by atoms with Gasteiger partial charge in [0.2, 0.25) is 0 Å². The maximum Gasteiger partial charge on any atom is 0.00979 e. The molecule has 2 nitrogen and oxygen atoms in total. The van der Waals surface area contributed by atoms with Crippen LogP contribution in [-0.2, 0) is 0 Å². The molecule has 2 heteroatoms. The van der Waals surface area contributed by atoms with Gasteiger partial charge >= 0.3 is 0 Å². The highest BCUT2D eigenvalue weighted by Gasteiger charge is 2.36. The van der Waals surface area contributed by atoms with Gasteiger partial charge in [-0.05, 0) is 76.0 Å². The van der Waals surface area contributed by atoms with Crippen LogP contribution in [0.1, 0.15) is 52.9 Å². The van der Waals surface area contributed by atoms with Crippen molar-refractivity contribution >= 4 is 0 Å². The number of likely N-dealkylation sites (tertiary alicyclic amines) is 1. The van der Waals surface area contributed by atoms with Gasteiger partial charge in [0, 0.05) is 6.04 Å². The molecule has 0 radical (unpaired) electrons. The van der Waals surface area contributed by atoms with Crippen molar-refractivity contribution in [1.82, 2.24) is 10.2 Å². The summed E-state index contributed by atoms with van der Waals surface area (Å²) in [5.74, 6) is 1.83. The zero-order valence-electron chi connectivity index (χ0n) is 12.8. The van der Waals surface area contributed by atoms with Crippen molar-refractivity contribution in [3.05, 3.63) is 0 Å².